The Bertz CT molecular complexity index is 151. The molecule has 13 heavy (non-hydrogen) atoms. The molecule has 0 bridgehead atoms. The van der Waals surface area contributed by atoms with Crippen molar-refractivity contribution in [2.24, 2.45) is 5.73 Å². The molecule has 0 aliphatic carbocycles. The molecular formula is C9H19NO2S. The Labute approximate surface area is 84.1 Å². The van der Waals surface area contributed by atoms with Crippen LogP contribution in [0.5, 0.6) is 0 Å². The van der Waals surface area contributed by atoms with Crippen LogP contribution in [0, 0.1) is 0 Å². The van der Waals surface area contributed by atoms with Crippen molar-refractivity contribution in [2.45, 2.75) is 44.4 Å². The average Bonchev–Trinajstić information content (AvgIpc) is 2.03. The molecule has 0 fully saturated rings. The van der Waals surface area contributed by atoms with Gasteiger partial charge in [-0.3, -0.25) is 4.79 Å². The molecule has 0 aliphatic heterocycles. The Morgan fingerprint density at radius 2 is 2.23 bits per heavy atom. The minimum atomic E-state index is -0.709. The molecule has 4 heteroatoms. The van der Waals surface area contributed by atoms with Crippen LogP contribution in [-0.4, -0.2) is 28.1 Å². The van der Waals surface area contributed by atoms with Gasteiger partial charge in [-0.05, 0) is 13.3 Å². The van der Waals surface area contributed by atoms with Crippen molar-refractivity contribution in [3.05, 3.63) is 0 Å². The molecule has 0 aromatic rings. The predicted octanol–water partition coefficient (Wildman–Crippen LogP) is 1.71. The van der Waals surface area contributed by atoms with Crippen LogP contribution < -0.4 is 5.73 Å². The van der Waals surface area contributed by atoms with E-state index in [1.165, 1.54) is 11.8 Å². The van der Waals surface area contributed by atoms with Crippen molar-refractivity contribution < 1.29 is 9.90 Å². The smallest absolute Gasteiger partial charge is 0.316 e. The highest BCUT2D eigenvalue weighted by atomic mass is 32.2. The summed E-state index contributed by atoms with van der Waals surface area (Å²) in [7, 11) is 0. The standard InChI is InChI=1S/C9H19NO2S/c1-3-4-5-8(9(11)12)13-6-7(2)10/h7-8H,3-6,10H2,1-2H3,(H,11,12). The summed E-state index contributed by atoms with van der Waals surface area (Å²) in [5.41, 5.74) is 5.56. The Kier molecular flexibility index (Phi) is 7.09. The lowest BCUT2D eigenvalue weighted by molar-refractivity contribution is -0.136. The highest BCUT2D eigenvalue weighted by Gasteiger charge is 2.17. The van der Waals surface area contributed by atoms with E-state index in [2.05, 4.69) is 6.92 Å². The molecule has 0 saturated heterocycles. The number of aliphatic carboxylic acids is 1. The second-order valence-electron chi connectivity index (χ2n) is 3.28. The quantitative estimate of drug-likeness (QED) is 0.664. The van der Waals surface area contributed by atoms with Crippen molar-refractivity contribution in [3.63, 3.8) is 0 Å². The largest absolute Gasteiger partial charge is 0.480 e. The highest BCUT2D eigenvalue weighted by Crippen LogP contribution is 2.18. The normalized spacial score (nSPS) is 15.3. The molecule has 3 N–H and O–H groups in total. The Morgan fingerprint density at radius 1 is 1.62 bits per heavy atom. The molecule has 0 aromatic carbocycles. The summed E-state index contributed by atoms with van der Waals surface area (Å²) in [6, 6.07) is 0.0773. The fraction of sp³-hybridized carbons (Fsp3) is 0.889. The molecule has 0 radical (unpaired) electrons. The molecule has 0 aromatic heterocycles. The van der Waals surface area contributed by atoms with Crippen LogP contribution in [-0.2, 0) is 4.79 Å². The zero-order valence-corrected chi connectivity index (χ0v) is 9.14. The molecule has 2 atom stereocenters. The van der Waals surface area contributed by atoms with Gasteiger partial charge in [0.1, 0.15) is 5.25 Å². The van der Waals surface area contributed by atoms with Crippen LogP contribution in [0.1, 0.15) is 33.1 Å². The van der Waals surface area contributed by atoms with Gasteiger partial charge in [0.15, 0.2) is 0 Å². The maximum absolute atomic E-state index is 10.8. The van der Waals surface area contributed by atoms with Gasteiger partial charge in [-0.15, -0.1) is 11.8 Å². The number of carboxylic acid groups (broad SMARTS) is 1. The van der Waals surface area contributed by atoms with Crippen LogP contribution in [0.2, 0.25) is 0 Å². The molecule has 0 aliphatic rings. The predicted molar refractivity (Wildman–Crippen MR) is 57.1 cm³/mol. The summed E-state index contributed by atoms with van der Waals surface area (Å²) >= 11 is 1.45. The Balaban J connectivity index is 3.74. The molecule has 0 saturated carbocycles. The zero-order chi connectivity index (χ0) is 10.3. The first-order valence-corrected chi connectivity index (χ1v) is 5.72. The number of hydrogen-bond acceptors (Lipinski definition) is 3. The number of rotatable bonds is 7. The van der Waals surface area contributed by atoms with Crippen molar-refractivity contribution in [1.29, 1.82) is 0 Å². The minimum absolute atomic E-state index is 0.0773. The lowest BCUT2D eigenvalue weighted by Gasteiger charge is -2.12. The number of nitrogens with two attached hydrogens (primary N) is 1. The number of carbonyl (C=O) groups is 1. The van der Waals surface area contributed by atoms with Gasteiger partial charge in [0, 0.05) is 11.8 Å². The van der Waals surface area contributed by atoms with E-state index in [1.54, 1.807) is 0 Å². The second kappa shape index (κ2) is 7.21. The summed E-state index contributed by atoms with van der Waals surface area (Å²) in [6.45, 7) is 3.96. The third kappa shape index (κ3) is 6.90. The molecular weight excluding hydrogens is 186 g/mol. The first-order chi connectivity index (χ1) is 6.07. The van der Waals surface area contributed by atoms with E-state index in [1.807, 2.05) is 6.92 Å². The first kappa shape index (κ1) is 12.8. The van der Waals surface area contributed by atoms with E-state index in [4.69, 9.17) is 10.8 Å². The maximum Gasteiger partial charge on any atom is 0.316 e. The number of carboxylic acids is 1. The van der Waals surface area contributed by atoms with E-state index in [9.17, 15) is 4.79 Å². The summed E-state index contributed by atoms with van der Waals surface area (Å²) in [5, 5.41) is 8.58. The van der Waals surface area contributed by atoms with Crippen LogP contribution in [0.4, 0.5) is 0 Å². The summed E-state index contributed by atoms with van der Waals surface area (Å²) in [5.74, 6) is 0.0137. The molecule has 3 nitrogen and oxygen atoms in total. The number of unbranched alkanes of at least 4 members (excludes halogenated alkanes) is 1. The van der Waals surface area contributed by atoms with E-state index < -0.39 is 5.97 Å². The SMILES string of the molecule is CCCCC(SCC(C)N)C(=O)O. The van der Waals surface area contributed by atoms with E-state index in [0.717, 1.165) is 25.0 Å². The maximum atomic E-state index is 10.8. The van der Waals surface area contributed by atoms with Gasteiger partial charge in [-0.2, -0.15) is 0 Å². The zero-order valence-electron chi connectivity index (χ0n) is 8.32. The molecule has 2 unspecified atom stereocenters. The van der Waals surface area contributed by atoms with Crippen LogP contribution in [0.25, 0.3) is 0 Å². The van der Waals surface area contributed by atoms with E-state index >= 15 is 0 Å². The molecule has 0 spiro atoms. The molecule has 78 valence electrons. The lowest BCUT2D eigenvalue weighted by Crippen LogP contribution is -2.23. The van der Waals surface area contributed by atoms with Gasteiger partial charge < -0.3 is 10.8 Å². The van der Waals surface area contributed by atoms with Gasteiger partial charge in [0.2, 0.25) is 0 Å². The third-order valence-corrected chi connectivity index (χ3v) is 3.21. The van der Waals surface area contributed by atoms with Gasteiger partial charge in [0.25, 0.3) is 0 Å². The third-order valence-electron chi connectivity index (χ3n) is 1.66. The van der Waals surface area contributed by atoms with Crippen molar-refractivity contribution in [3.8, 4) is 0 Å². The fourth-order valence-corrected chi connectivity index (χ4v) is 1.95. The van der Waals surface area contributed by atoms with E-state index in [0.29, 0.717) is 0 Å². The van der Waals surface area contributed by atoms with Crippen LogP contribution in [0.15, 0.2) is 0 Å². The number of hydrogen-bond donors (Lipinski definition) is 2. The fourth-order valence-electron chi connectivity index (χ4n) is 0.936. The molecule has 0 rings (SSSR count). The van der Waals surface area contributed by atoms with Gasteiger partial charge in [-0.1, -0.05) is 19.8 Å². The first-order valence-electron chi connectivity index (χ1n) is 4.68. The van der Waals surface area contributed by atoms with Crippen molar-refractivity contribution >= 4 is 17.7 Å². The van der Waals surface area contributed by atoms with Gasteiger partial charge in [0.05, 0.1) is 0 Å². The van der Waals surface area contributed by atoms with Gasteiger partial charge in [-0.25, -0.2) is 0 Å². The average molecular weight is 205 g/mol. The van der Waals surface area contributed by atoms with E-state index in [-0.39, 0.29) is 11.3 Å². The second-order valence-corrected chi connectivity index (χ2v) is 4.52. The van der Waals surface area contributed by atoms with Gasteiger partial charge >= 0.3 is 5.97 Å². The lowest BCUT2D eigenvalue weighted by atomic mass is 10.2. The Hall–Kier alpha value is -0.220. The van der Waals surface area contributed by atoms with Crippen LogP contribution in [0.3, 0.4) is 0 Å². The van der Waals surface area contributed by atoms with Crippen molar-refractivity contribution in [2.75, 3.05) is 5.75 Å². The molecule has 0 heterocycles. The summed E-state index contributed by atoms with van der Waals surface area (Å²) < 4.78 is 0. The molecule has 0 amide bonds. The van der Waals surface area contributed by atoms with Crippen molar-refractivity contribution in [1.82, 2.24) is 0 Å². The summed E-state index contributed by atoms with van der Waals surface area (Å²) in [6.07, 6.45) is 2.77. The minimum Gasteiger partial charge on any atom is -0.480 e. The Morgan fingerprint density at radius 3 is 2.62 bits per heavy atom. The monoisotopic (exact) mass is 205 g/mol. The summed E-state index contributed by atoms with van der Waals surface area (Å²) in [4.78, 5) is 10.8. The topological polar surface area (TPSA) is 63.3 Å². The highest BCUT2D eigenvalue weighted by molar-refractivity contribution is 8.00. The van der Waals surface area contributed by atoms with Crippen LogP contribution >= 0.6 is 11.8 Å². The number of thioether (sulfide) groups is 1.